The Morgan fingerprint density at radius 3 is 2.38 bits per heavy atom. The van der Waals surface area contributed by atoms with Gasteiger partial charge in [0, 0.05) is 55.3 Å². The van der Waals surface area contributed by atoms with Gasteiger partial charge in [0.15, 0.2) is 0 Å². The summed E-state index contributed by atoms with van der Waals surface area (Å²) in [7, 11) is 0. The largest absolute Gasteiger partial charge is 0.369 e. The molecule has 2 heterocycles. The summed E-state index contributed by atoms with van der Waals surface area (Å²) in [4.78, 5) is 29.3. The highest BCUT2D eigenvalue weighted by molar-refractivity contribution is 9.10. The van der Waals surface area contributed by atoms with E-state index in [9.17, 15) is 9.59 Å². The molecule has 2 aromatic carbocycles. The summed E-state index contributed by atoms with van der Waals surface area (Å²) in [5, 5.41) is 0. The van der Waals surface area contributed by atoms with E-state index < -0.39 is 6.04 Å². The minimum atomic E-state index is -0.407. The normalized spacial score (nSPS) is 21.3. The van der Waals surface area contributed by atoms with Crippen molar-refractivity contribution in [3.63, 3.8) is 0 Å². The zero-order valence-corrected chi connectivity index (χ0v) is 19.5. The molecule has 2 aromatic rings. The highest BCUT2D eigenvalue weighted by Gasteiger charge is 2.30. The Morgan fingerprint density at radius 2 is 1.66 bits per heavy atom. The Hall–Kier alpha value is -2.46. The van der Waals surface area contributed by atoms with Gasteiger partial charge < -0.3 is 4.90 Å². The Balaban J connectivity index is 1.13. The SMILES string of the molecule is O=C(CCN1CCN(c2ccccc2)CC1)NNC(=O)C1CC(c2ccc(Br)cc2)NN1. The smallest absolute Gasteiger partial charge is 0.256 e. The molecule has 4 rings (SSSR count). The molecule has 2 atom stereocenters. The van der Waals surface area contributed by atoms with Crippen molar-refractivity contribution < 1.29 is 9.59 Å². The van der Waals surface area contributed by atoms with Gasteiger partial charge in [-0.15, -0.1) is 0 Å². The third-order valence-electron chi connectivity index (χ3n) is 5.97. The van der Waals surface area contributed by atoms with Gasteiger partial charge in [0.05, 0.1) is 0 Å². The van der Waals surface area contributed by atoms with Crippen LogP contribution >= 0.6 is 15.9 Å². The summed E-state index contributed by atoms with van der Waals surface area (Å²) in [6.45, 7) is 4.41. The fourth-order valence-corrected chi connectivity index (χ4v) is 4.32. The first-order valence-corrected chi connectivity index (χ1v) is 11.8. The third-order valence-corrected chi connectivity index (χ3v) is 6.49. The second-order valence-electron chi connectivity index (χ2n) is 8.13. The summed E-state index contributed by atoms with van der Waals surface area (Å²) < 4.78 is 1.02. The maximum atomic E-state index is 12.4. The van der Waals surface area contributed by atoms with Gasteiger partial charge in [-0.2, -0.15) is 0 Å². The maximum Gasteiger partial charge on any atom is 0.256 e. The van der Waals surface area contributed by atoms with Crippen LogP contribution in [0.15, 0.2) is 59.1 Å². The van der Waals surface area contributed by atoms with Crippen LogP contribution in [0.25, 0.3) is 0 Å². The molecule has 9 heteroatoms. The quantitative estimate of drug-likeness (QED) is 0.451. The van der Waals surface area contributed by atoms with E-state index in [-0.39, 0.29) is 17.9 Å². The van der Waals surface area contributed by atoms with Crippen molar-refractivity contribution in [2.75, 3.05) is 37.6 Å². The van der Waals surface area contributed by atoms with Crippen molar-refractivity contribution >= 4 is 33.4 Å². The molecule has 0 aromatic heterocycles. The lowest BCUT2D eigenvalue weighted by Gasteiger charge is -2.36. The molecule has 0 spiro atoms. The molecule has 2 aliphatic rings. The topological polar surface area (TPSA) is 88.7 Å². The van der Waals surface area contributed by atoms with Gasteiger partial charge in [-0.05, 0) is 36.2 Å². The summed E-state index contributed by atoms with van der Waals surface area (Å²) in [6, 6.07) is 18.0. The standard InChI is InChI=1S/C23H29BrN6O2/c24-18-8-6-17(7-9-18)20-16-21(26-25-20)23(32)28-27-22(31)10-11-29-12-14-30(15-13-29)19-4-2-1-3-5-19/h1-9,20-21,25-26H,10-16H2,(H,27,31)(H,28,32). The number of para-hydroxylation sites is 1. The molecule has 2 aliphatic heterocycles. The molecule has 0 bridgehead atoms. The zero-order chi connectivity index (χ0) is 22.3. The number of halogens is 1. The monoisotopic (exact) mass is 500 g/mol. The van der Waals surface area contributed by atoms with E-state index >= 15 is 0 Å². The Kier molecular flexibility index (Phi) is 7.75. The fraction of sp³-hybridized carbons (Fsp3) is 0.391. The molecule has 4 N–H and O–H groups in total. The van der Waals surface area contributed by atoms with Crippen LogP contribution in [0.3, 0.4) is 0 Å². The minimum Gasteiger partial charge on any atom is -0.369 e. The number of carbonyl (C=O) groups excluding carboxylic acids is 2. The van der Waals surface area contributed by atoms with Crippen LogP contribution in [0.1, 0.15) is 24.4 Å². The molecule has 8 nitrogen and oxygen atoms in total. The molecule has 0 saturated carbocycles. The van der Waals surface area contributed by atoms with Gasteiger partial charge in [0.1, 0.15) is 6.04 Å². The average molecular weight is 501 g/mol. The van der Waals surface area contributed by atoms with Crippen LogP contribution < -0.4 is 26.6 Å². The number of nitrogens with zero attached hydrogens (tertiary/aromatic N) is 2. The van der Waals surface area contributed by atoms with E-state index in [0.29, 0.717) is 19.4 Å². The van der Waals surface area contributed by atoms with E-state index in [1.807, 2.05) is 30.3 Å². The first-order valence-electron chi connectivity index (χ1n) is 11.0. The molecule has 2 unspecified atom stereocenters. The van der Waals surface area contributed by atoms with Crippen molar-refractivity contribution in [1.29, 1.82) is 0 Å². The van der Waals surface area contributed by atoms with Crippen LogP contribution in [0, 0.1) is 0 Å². The zero-order valence-electron chi connectivity index (χ0n) is 17.9. The third kappa shape index (κ3) is 6.07. The van der Waals surface area contributed by atoms with Crippen LogP contribution in [-0.2, 0) is 9.59 Å². The molecule has 0 aliphatic carbocycles. The van der Waals surface area contributed by atoms with Crippen molar-refractivity contribution in [3.8, 4) is 0 Å². The molecule has 170 valence electrons. The average Bonchev–Trinajstić information content (AvgIpc) is 3.33. The number of piperazine rings is 1. The number of benzene rings is 2. The molecule has 0 radical (unpaired) electrons. The van der Waals surface area contributed by atoms with Crippen LogP contribution in [0.2, 0.25) is 0 Å². The lowest BCUT2D eigenvalue weighted by molar-refractivity contribution is -0.130. The highest BCUT2D eigenvalue weighted by atomic mass is 79.9. The van der Waals surface area contributed by atoms with E-state index in [1.165, 1.54) is 5.69 Å². The van der Waals surface area contributed by atoms with E-state index in [4.69, 9.17) is 0 Å². The van der Waals surface area contributed by atoms with E-state index in [0.717, 1.165) is 36.2 Å². The van der Waals surface area contributed by atoms with Gasteiger partial charge in [0.2, 0.25) is 5.91 Å². The van der Waals surface area contributed by atoms with Crippen molar-refractivity contribution in [2.45, 2.75) is 24.9 Å². The Bertz CT molecular complexity index is 902. The van der Waals surface area contributed by atoms with Gasteiger partial charge in [-0.1, -0.05) is 46.3 Å². The fourth-order valence-electron chi connectivity index (χ4n) is 4.05. The van der Waals surface area contributed by atoms with E-state index in [1.54, 1.807) is 0 Å². The molecule has 2 saturated heterocycles. The second kappa shape index (κ2) is 10.9. The molecular weight excluding hydrogens is 472 g/mol. The summed E-state index contributed by atoms with van der Waals surface area (Å²) in [5.74, 6) is -0.429. The predicted molar refractivity (Wildman–Crippen MR) is 128 cm³/mol. The van der Waals surface area contributed by atoms with E-state index in [2.05, 4.69) is 71.7 Å². The molecule has 2 fully saturated rings. The molecule has 2 amide bonds. The lowest BCUT2D eigenvalue weighted by Crippen LogP contribution is -2.51. The number of hydrogen-bond acceptors (Lipinski definition) is 6. The van der Waals surface area contributed by atoms with Gasteiger partial charge in [-0.25, -0.2) is 10.9 Å². The second-order valence-corrected chi connectivity index (χ2v) is 9.05. The van der Waals surface area contributed by atoms with Crippen LogP contribution in [0.5, 0.6) is 0 Å². The van der Waals surface area contributed by atoms with Gasteiger partial charge in [-0.3, -0.25) is 25.3 Å². The number of hydrazine groups is 2. The summed E-state index contributed by atoms with van der Waals surface area (Å²) in [6.07, 6.45) is 0.957. The highest BCUT2D eigenvalue weighted by Crippen LogP contribution is 2.23. The van der Waals surface area contributed by atoms with Crippen LogP contribution in [-0.4, -0.2) is 55.5 Å². The van der Waals surface area contributed by atoms with Crippen molar-refractivity contribution in [3.05, 3.63) is 64.6 Å². The van der Waals surface area contributed by atoms with Crippen molar-refractivity contribution in [1.82, 2.24) is 26.6 Å². The van der Waals surface area contributed by atoms with Crippen molar-refractivity contribution in [2.24, 2.45) is 0 Å². The Labute approximate surface area is 196 Å². The van der Waals surface area contributed by atoms with Crippen LogP contribution in [0.4, 0.5) is 5.69 Å². The van der Waals surface area contributed by atoms with Gasteiger partial charge in [0.25, 0.3) is 5.91 Å². The first-order chi connectivity index (χ1) is 15.6. The maximum absolute atomic E-state index is 12.4. The molecular formula is C23H29BrN6O2. The summed E-state index contributed by atoms with van der Waals surface area (Å²) >= 11 is 3.43. The first kappa shape index (κ1) is 22.7. The number of anilines is 1. The lowest BCUT2D eigenvalue weighted by atomic mass is 10.0. The number of carbonyl (C=O) groups is 2. The number of amides is 2. The van der Waals surface area contributed by atoms with Gasteiger partial charge >= 0.3 is 0 Å². The molecule has 32 heavy (non-hydrogen) atoms. The number of rotatable bonds is 6. The Morgan fingerprint density at radius 1 is 0.938 bits per heavy atom. The summed E-state index contributed by atoms with van der Waals surface area (Å²) in [5.41, 5.74) is 13.6. The predicted octanol–water partition coefficient (Wildman–Crippen LogP) is 1.72. The number of hydrogen-bond donors (Lipinski definition) is 4. The minimum absolute atomic E-state index is 0.0455. The number of nitrogens with one attached hydrogen (secondary N) is 4.